The second kappa shape index (κ2) is 9.01. The number of nitrogens with one attached hydrogen (secondary N) is 1. The average molecular weight is 283 g/mol. The number of ether oxygens (including phenoxy) is 2. The summed E-state index contributed by atoms with van der Waals surface area (Å²) in [7, 11) is 0. The smallest absolute Gasteiger partial charge is 0.0809 e. The Hall–Kier alpha value is -0.120. The molecule has 1 aliphatic heterocycles. The van der Waals surface area contributed by atoms with Crippen molar-refractivity contribution in [1.82, 2.24) is 5.32 Å². The summed E-state index contributed by atoms with van der Waals surface area (Å²) in [5, 5.41) is 3.69. The highest BCUT2D eigenvalue weighted by molar-refractivity contribution is 4.86. The molecule has 4 unspecified atom stereocenters. The van der Waals surface area contributed by atoms with E-state index in [1.807, 2.05) is 0 Å². The topological polar surface area (TPSA) is 30.5 Å². The minimum absolute atomic E-state index is 0.355. The summed E-state index contributed by atoms with van der Waals surface area (Å²) in [6, 6.07) is 0.560. The molecule has 1 saturated heterocycles. The highest BCUT2D eigenvalue weighted by Crippen LogP contribution is 2.30. The van der Waals surface area contributed by atoms with Crippen LogP contribution in [0.4, 0.5) is 0 Å². The maximum absolute atomic E-state index is 6.27. The van der Waals surface area contributed by atoms with Gasteiger partial charge in [-0.25, -0.2) is 0 Å². The van der Waals surface area contributed by atoms with Gasteiger partial charge in [0, 0.05) is 12.6 Å². The fraction of sp³-hybridized carbons (Fsp3) is 1.00. The molecule has 1 heterocycles. The van der Waals surface area contributed by atoms with Crippen molar-refractivity contribution in [2.75, 3.05) is 19.8 Å². The Balaban J connectivity index is 1.79. The summed E-state index contributed by atoms with van der Waals surface area (Å²) < 4.78 is 12.0. The Morgan fingerprint density at radius 3 is 2.75 bits per heavy atom. The quantitative estimate of drug-likeness (QED) is 0.739. The maximum Gasteiger partial charge on any atom is 0.0809 e. The maximum atomic E-state index is 6.27. The van der Waals surface area contributed by atoms with Gasteiger partial charge in [-0.05, 0) is 51.0 Å². The van der Waals surface area contributed by atoms with E-state index in [0.29, 0.717) is 18.2 Å². The lowest BCUT2D eigenvalue weighted by Gasteiger charge is -2.37. The van der Waals surface area contributed by atoms with Crippen molar-refractivity contribution in [2.45, 2.75) is 83.5 Å². The molecule has 20 heavy (non-hydrogen) atoms. The molecule has 2 rings (SSSR count). The van der Waals surface area contributed by atoms with E-state index in [1.165, 1.54) is 51.4 Å². The van der Waals surface area contributed by atoms with E-state index in [4.69, 9.17) is 9.47 Å². The minimum Gasteiger partial charge on any atom is -0.376 e. The van der Waals surface area contributed by atoms with Gasteiger partial charge in [0.2, 0.25) is 0 Å². The van der Waals surface area contributed by atoms with Crippen LogP contribution in [0.1, 0.15) is 65.2 Å². The SMILES string of the molecule is CCCNC1CCC(CCC)CC1OCC1CCCO1. The van der Waals surface area contributed by atoms with Crippen molar-refractivity contribution in [3.05, 3.63) is 0 Å². The lowest BCUT2D eigenvalue weighted by atomic mass is 9.81. The Labute approximate surface area is 124 Å². The predicted octanol–water partition coefficient (Wildman–Crippen LogP) is 3.52. The normalized spacial score (nSPS) is 34.5. The molecule has 118 valence electrons. The van der Waals surface area contributed by atoms with Crippen LogP contribution in [0, 0.1) is 5.92 Å². The first-order valence-electron chi connectivity index (χ1n) is 8.80. The first kappa shape index (κ1) is 16.3. The van der Waals surface area contributed by atoms with Crippen LogP contribution in [-0.2, 0) is 9.47 Å². The Morgan fingerprint density at radius 2 is 2.05 bits per heavy atom. The second-order valence-corrected chi connectivity index (χ2v) is 6.54. The first-order chi connectivity index (χ1) is 9.83. The molecule has 1 N–H and O–H groups in total. The molecule has 0 bridgehead atoms. The molecule has 0 aromatic carbocycles. The molecular formula is C17H33NO2. The molecule has 0 spiro atoms. The highest BCUT2D eigenvalue weighted by Gasteiger charge is 2.31. The fourth-order valence-electron chi connectivity index (χ4n) is 3.64. The summed E-state index contributed by atoms with van der Waals surface area (Å²) in [6.07, 6.45) is 10.9. The van der Waals surface area contributed by atoms with Crippen molar-refractivity contribution < 1.29 is 9.47 Å². The summed E-state index contributed by atoms with van der Waals surface area (Å²) in [5.41, 5.74) is 0. The van der Waals surface area contributed by atoms with Crippen LogP contribution in [0.15, 0.2) is 0 Å². The molecule has 0 aromatic rings. The first-order valence-corrected chi connectivity index (χ1v) is 8.80. The lowest BCUT2D eigenvalue weighted by Crippen LogP contribution is -2.46. The van der Waals surface area contributed by atoms with Crippen LogP contribution in [-0.4, -0.2) is 38.0 Å². The van der Waals surface area contributed by atoms with Gasteiger partial charge in [0.1, 0.15) is 0 Å². The fourth-order valence-corrected chi connectivity index (χ4v) is 3.64. The lowest BCUT2D eigenvalue weighted by molar-refractivity contribution is -0.0545. The van der Waals surface area contributed by atoms with Gasteiger partial charge >= 0.3 is 0 Å². The Morgan fingerprint density at radius 1 is 1.15 bits per heavy atom. The third kappa shape index (κ3) is 5.01. The Kier molecular flexibility index (Phi) is 7.32. The van der Waals surface area contributed by atoms with Crippen LogP contribution in [0.3, 0.4) is 0 Å². The summed E-state index contributed by atoms with van der Waals surface area (Å²) in [5.74, 6) is 0.870. The van der Waals surface area contributed by atoms with Gasteiger partial charge < -0.3 is 14.8 Å². The van der Waals surface area contributed by atoms with E-state index in [0.717, 1.165) is 25.7 Å². The van der Waals surface area contributed by atoms with Crippen molar-refractivity contribution >= 4 is 0 Å². The van der Waals surface area contributed by atoms with Gasteiger partial charge in [-0.2, -0.15) is 0 Å². The van der Waals surface area contributed by atoms with Gasteiger partial charge in [0.05, 0.1) is 18.8 Å². The molecule has 0 amide bonds. The monoisotopic (exact) mass is 283 g/mol. The number of hydrogen-bond donors (Lipinski definition) is 1. The molecule has 3 nitrogen and oxygen atoms in total. The highest BCUT2D eigenvalue weighted by atomic mass is 16.5. The van der Waals surface area contributed by atoms with Crippen LogP contribution < -0.4 is 5.32 Å². The van der Waals surface area contributed by atoms with Crippen molar-refractivity contribution in [3.8, 4) is 0 Å². The second-order valence-electron chi connectivity index (χ2n) is 6.54. The van der Waals surface area contributed by atoms with Crippen molar-refractivity contribution in [2.24, 2.45) is 5.92 Å². The third-order valence-corrected chi connectivity index (χ3v) is 4.77. The summed E-state index contributed by atoms with van der Waals surface area (Å²) in [6.45, 7) is 7.37. The van der Waals surface area contributed by atoms with E-state index in [1.54, 1.807) is 0 Å². The molecule has 4 atom stereocenters. The minimum atomic E-state index is 0.355. The zero-order chi connectivity index (χ0) is 14.2. The van der Waals surface area contributed by atoms with Gasteiger partial charge in [0.25, 0.3) is 0 Å². The standard InChI is InChI=1S/C17H33NO2/c1-3-6-14-8-9-16(18-10-4-2)17(12-14)20-13-15-7-5-11-19-15/h14-18H,3-13H2,1-2H3. The van der Waals surface area contributed by atoms with Crippen molar-refractivity contribution in [1.29, 1.82) is 0 Å². The van der Waals surface area contributed by atoms with Gasteiger partial charge in [0.15, 0.2) is 0 Å². The third-order valence-electron chi connectivity index (χ3n) is 4.77. The van der Waals surface area contributed by atoms with E-state index < -0.39 is 0 Å². The van der Waals surface area contributed by atoms with E-state index in [-0.39, 0.29) is 0 Å². The largest absolute Gasteiger partial charge is 0.376 e. The van der Waals surface area contributed by atoms with E-state index in [2.05, 4.69) is 19.2 Å². The zero-order valence-electron chi connectivity index (χ0n) is 13.4. The van der Waals surface area contributed by atoms with Gasteiger partial charge in [-0.1, -0.05) is 26.7 Å². The van der Waals surface area contributed by atoms with Crippen LogP contribution in [0.2, 0.25) is 0 Å². The van der Waals surface area contributed by atoms with Gasteiger partial charge in [-0.15, -0.1) is 0 Å². The summed E-state index contributed by atoms with van der Waals surface area (Å²) in [4.78, 5) is 0. The van der Waals surface area contributed by atoms with Gasteiger partial charge in [-0.3, -0.25) is 0 Å². The zero-order valence-corrected chi connectivity index (χ0v) is 13.4. The molecule has 1 aliphatic carbocycles. The van der Waals surface area contributed by atoms with Crippen LogP contribution >= 0.6 is 0 Å². The van der Waals surface area contributed by atoms with E-state index >= 15 is 0 Å². The summed E-state index contributed by atoms with van der Waals surface area (Å²) >= 11 is 0. The molecule has 3 heteroatoms. The molecule has 2 fully saturated rings. The number of hydrogen-bond acceptors (Lipinski definition) is 3. The molecule has 0 radical (unpaired) electrons. The molecule has 1 saturated carbocycles. The molecule has 2 aliphatic rings. The van der Waals surface area contributed by atoms with Crippen molar-refractivity contribution in [3.63, 3.8) is 0 Å². The number of rotatable bonds is 8. The van der Waals surface area contributed by atoms with Crippen LogP contribution in [0.25, 0.3) is 0 Å². The van der Waals surface area contributed by atoms with Crippen LogP contribution in [0.5, 0.6) is 0 Å². The Bertz CT molecular complexity index is 253. The average Bonchev–Trinajstić information content (AvgIpc) is 2.97. The van der Waals surface area contributed by atoms with E-state index in [9.17, 15) is 0 Å². The molecular weight excluding hydrogens is 250 g/mol. The predicted molar refractivity (Wildman–Crippen MR) is 83.0 cm³/mol. The molecule has 0 aromatic heterocycles.